The molecule has 0 saturated heterocycles. The minimum atomic E-state index is -0.136. The fourth-order valence-corrected chi connectivity index (χ4v) is 11.9. The molecule has 4 saturated carbocycles. The molecule has 13 rings (SSSR count). The van der Waals surface area contributed by atoms with Gasteiger partial charge in [0.05, 0.1) is 0 Å². The van der Waals surface area contributed by atoms with Gasteiger partial charge in [-0.2, -0.15) is 6.07 Å². The van der Waals surface area contributed by atoms with Gasteiger partial charge in [-0.1, -0.05) is 105 Å². The van der Waals surface area contributed by atoms with Gasteiger partial charge in [-0.15, -0.1) is 41.3 Å². The molecular formula is C53H46N5OPt-3. The van der Waals surface area contributed by atoms with Crippen molar-refractivity contribution in [3.05, 3.63) is 169 Å². The van der Waals surface area contributed by atoms with Crippen LogP contribution in [0.5, 0.6) is 11.5 Å². The summed E-state index contributed by atoms with van der Waals surface area (Å²) in [5.74, 6) is 6.15. The SMILES string of the molecule is CC(C)(C)c1cc(Oc2[c-]c3c(cc2)c2ccccc2n3-c2cc(C3(c4ccccc4)C4CC5CC(C4)CC3C5)ccn2)[c-]c(N2[CH-]n3ccnc3-c3ccccc32)c1.[Pt]. The van der Waals surface area contributed by atoms with Gasteiger partial charge in [0.25, 0.3) is 0 Å². The second-order valence-corrected chi connectivity index (χ2v) is 18.5. The van der Waals surface area contributed by atoms with E-state index in [1.54, 1.807) is 0 Å². The number of benzene rings is 5. The number of imidazole rings is 1. The van der Waals surface area contributed by atoms with E-state index in [9.17, 15) is 0 Å². The molecule has 4 fully saturated rings. The molecule has 0 unspecified atom stereocenters. The molecule has 4 heterocycles. The van der Waals surface area contributed by atoms with E-state index in [0.717, 1.165) is 62.4 Å². The Morgan fingerprint density at radius 2 is 1.45 bits per heavy atom. The molecule has 5 aliphatic rings. The predicted molar refractivity (Wildman–Crippen MR) is 235 cm³/mol. The average Bonchev–Trinajstić information content (AvgIpc) is 3.86. The largest absolute Gasteiger partial charge is 0.509 e. The van der Waals surface area contributed by atoms with Crippen molar-refractivity contribution in [1.29, 1.82) is 0 Å². The van der Waals surface area contributed by atoms with Gasteiger partial charge in [0.15, 0.2) is 0 Å². The van der Waals surface area contributed by atoms with Crippen LogP contribution in [0.25, 0.3) is 39.0 Å². The molecule has 302 valence electrons. The summed E-state index contributed by atoms with van der Waals surface area (Å²) in [5.41, 5.74) is 8.95. The van der Waals surface area contributed by atoms with E-state index < -0.39 is 0 Å². The first-order valence-corrected chi connectivity index (χ1v) is 21.3. The van der Waals surface area contributed by atoms with Crippen molar-refractivity contribution in [1.82, 2.24) is 19.1 Å². The number of hydrogen-bond donors (Lipinski definition) is 0. The zero-order valence-electron chi connectivity index (χ0n) is 34.1. The first-order chi connectivity index (χ1) is 28.8. The van der Waals surface area contributed by atoms with Crippen molar-refractivity contribution >= 4 is 33.2 Å². The number of ether oxygens (including phenoxy) is 1. The van der Waals surface area contributed by atoms with Gasteiger partial charge in [0.2, 0.25) is 0 Å². The van der Waals surface area contributed by atoms with Crippen LogP contribution in [0.15, 0.2) is 134 Å². The summed E-state index contributed by atoms with van der Waals surface area (Å²) in [4.78, 5) is 12.0. The fourth-order valence-electron chi connectivity index (χ4n) is 11.9. The Labute approximate surface area is 366 Å². The minimum Gasteiger partial charge on any atom is -0.509 e. The van der Waals surface area contributed by atoms with Crippen molar-refractivity contribution in [2.24, 2.45) is 23.7 Å². The topological polar surface area (TPSA) is 48.1 Å². The summed E-state index contributed by atoms with van der Waals surface area (Å²) in [6.07, 6.45) is 12.6. The van der Waals surface area contributed by atoms with Gasteiger partial charge in [0.1, 0.15) is 5.82 Å². The molecule has 60 heavy (non-hydrogen) atoms. The number of fused-ring (bicyclic) bond motifs is 6. The van der Waals surface area contributed by atoms with Gasteiger partial charge in [-0.05, 0) is 120 Å². The molecule has 0 amide bonds. The predicted octanol–water partition coefficient (Wildman–Crippen LogP) is 12.6. The molecule has 1 aliphatic heterocycles. The number of anilines is 2. The smallest absolute Gasteiger partial charge is 0.135 e. The average molecular weight is 964 g/mol. The first-order valence-electron chi connectivity index (χ1n) is 21.3. The van der Waals surface area contributed by atoms with Crippen molar-refractivity contribution < 1.29 is 25.8 Å². The maximum absolute atomic E-state index is 6.84. The van der Waals surface area contributed by atoms with Crippen LogP contribution in [0.4, 0.5) is 11.4 Å². The molecule has 0 spiro atoms. The Morgan fingerprint density at radius 1 is 0.700 bits per heavy atom. The fraction of sp³-hybridized carbons (Fsp3) is 0.264. The van der Waals surface area contributed by atoms with Crippen LogP contribution in [0.1, 0.15) is 69.6 Å². The molecular weight excluding hydrogens is 918 g/mol. The zero-order valence-corrected chi connectivity index (χ0v) is 36.4. The number of aromatic nitrogens is 4. The quantitative estimate of drug-likeness (QED) is 0.156. The van der Waals surface area contributed by atoms with Crippen molar-refractivity contribution in [3.63, 3.8) is 0 Å². The first kappa shape index (κ1) is 37.4. The molecule has 0 N–H and O–H groups in total. The Kier molecular flexibility index (Phi) is 8.73. The van der Waals surface area contributed by atoms with Gasteiger partial charge >= 0.3 is 0 Å². The molecule has 5 aromatic carbocycles. The molecule has 3 aromatic heterocycles. The maximum atomic E-state index is 6.84. The Hall–Kier alpha value is -5.58. The normalized spacial score (nSPS) is 22.6. The third-order valence-corrected chi connectivity index (χ3v) is 14.2. The summed E-state index contributed by atoms with van der Waals surface area (Å²) < 4.78 is 11.2. The van der Waals surface area contributed by atoms with Gasteiger partial charge in [-0.3, -0.25) is 0 Å². The van der Waals surface area contributed by atoms with E-state index in [1.807, 2.05) is 18.5 Å². The summed E-state index contributed by atoms with van der Waals surface area (Å²) >= 11 is 0. The van der Waals surface area contributed by atoms with E-state index in [2.05, 4.69) is 174 Å². The third-order valence-electron chi connectivity index (χ3n) is 14.2. The minimum absolute atomic E-state index is 0. The summed E-state index contributed by atoms with van der Waals surface area (Å²) in [6, 6.07) is 49.2. The second-order valence-electron chi connectivity index (χ2n) is 18.5. The van der Waals surface area contributed by atoms with E-state index in [1.165, 1.54) is 48.6 Å². The molecule has 7 heteroatoms. The Bertz CT molecular complexity index is 2890. The molecule has 0 atom stereocenters. The van der Waals surface area contributed by atoms with E-state index in [-0.39, 0.29) is 31.9 Å². The molecule has 8 aromatic rings. The number of rotatable bonds is 6. The van der Waals surface area contributed by atoms with E-state index in [0.29, 0.717) is 23.3 Å². The van der Waals surface area contributed by atoms with E-state index in [4.69, 9.17) is 9.72 Å². The number of pyridine rings is 1. The van der Waals surface area contributed by atoms with Crippen LogP contribution in [0.2, 0.25) is 0 Å². The van der Waals surface area contributed by atoms with Crippen LogP contribution in [0, 0.1) is 42.5 Å². The number of hydrogen-bond acceptors (Lipinski definition) is 4. The molecule has 4 aliphatic carbocycles. The number of para-hydroxylation sites is 2. The summed E-state index contributed by atoms with van der Waals surface area (Å²) in [5, 5.41) is 2.29. The summed E-state index contributed by atoms with van der Waals surface area (Å²) in [7, 11) is 0. The van der Waals surface area contributed by atoms with Crippen LogP contribution in [0.3, 0.4) is 0 Å². The van der Waals surface area contributed by atoms with Crippen LogP contribution >= 0.6 is 0 Å². The van der Waals surface area contributed by atoms with Gasteiger partial charge in [-0.25, -0.2) is 4.98 Å². The maximum Gasteiger partial charge on any atom is 0.135 e. The van der Waals surface area contributed by atoms with Crippen LogP contribution in [-0.2, 0) is 31.9 Å². The number of nitrogens with zero attached hydrogens (tertiary/aromatic N) is 5. The summed E-state index contributed by atoms with van der Waals surface area (Å²) in [6.45, 7) is 8.79. The van der Waals surface area contributed by atoms with Crippen LogP contribution in [-0.4, -0.2) is 19.1 Å². The molecule has 6 nitrogen and oxygen atoms in total. The Morgan fingerprint density at radius 3 is 2.25 bits per heavy atom. The third kappa shape index (κ3) is 5.74. The standard InChI is InChI=1S/C53H46N5O.Pt/c1-52(2,3)38-28-41(57-33-56-22-21-55-51(56)46-14-8-9-15-47(46)57)31-43(29-38)59-42-17-18-45-44-13-7-10-16-48(44)58(49(45)32-42)50-30-37(19-20-54-50)53(36-11-5-4-6-12-36)39-24-34-23-35(26-39)27-40(53)25-34;/h4-22,28-30,33-35,39-40H,23-27H2,1-3H3;/q-3;. The van der Waals surface area contributed by atoms with Crippen LogP contribution < -0.4 is 9.64 Å². The zero-order chi connectivity index (χ0) is 39.5. The van der Waals surface area contributed by atoms with Gasteiger partial charge in [0, 0.05) is 61.2 Å². The monoisotopic (exact) mass is 963 g/mol. The van der Waals surface area contributed by atoms with Gasteiger partial charge < -0.3 is 23.8 Å². The molecule has 4 bridgehead atoms. The van der Waals surface area contributed by atoms with Crippen molar-refractivity contribution in [2.45, 2.75) is 63.7 Å². The second kappa shape index (κ2) is 14.0. The van der Waals surface area contributed by atoms with Crippen molar-refractivity contribution in [2.75, 3.05) is 4.90 Å². The molecule has 0 radical (unpaired) electrons. The van der Waals surface area contributed by atoms with Crippen molar-refractivity contribution in [3.8, 4) is 28.7 Å². The van der Waals surface area contributed by atoms with E-state index >= 15 is 0 Å². The Balaban J connectivity index is 0.00000408.